The fourth-order valence-electron chi connectivity index (χ4n) is 3.15. The van der Waals surface area contributed by atoms with E-state index in [0.717, 1.165) is 0 Å². The fourth-order valence-corrected chi connectivity index (χ4v) is 4.67. The molecule has 178 valence electrons. The first-order valence-electron chi connectivity index (χ1n) is 10.2. The summed E-state index contributed by atoms with van der Waals surface area (Å²) in [5.74, 6) is -3.37. The standard InChI is InChI=1S/C21H23F2N2O7P/c1-15(20(26)30-17-11-13-21(22,23)14-12-17)24-33(29,31-18-5-3-2-4-6-18)32-19-9-7-16(8-10-19)25(27)28/h2-10,15,17H,11-14H2,1H3,(H,24,29). The quantitative estimate of drug-likeness (QED) is 0.222. The van der Waals surface area contributed by atoms with Crippen LogP contribution in [-0.4, -0.2) is 29.0 Å². The van der Waals surface area contributed by atoms with Crippen LogP contribution in [0.25, 0.3) is 0 Å². The molecule has 12 heteroatoms. The van der Waals surface area contributed by atoms with Gasteiger partial charge in [0.05, 0.1) is 4.92 Å². The molecule has 1 aliphatic carbocycles. The summed E-state index contributed by atoms with van der Waals surface area (Å²) in [6, 6.07) is 11.7. The molecule has 1 N–H and O–H groups in total. The summed E-state index contributed by atoms with van der Waals surface area (Å²) in [6.07, 6.45) is -1.34. The number of esters is 1. The molecular weight excluding hydrogens is 461 g/mol. The van der Waals surface area contributed by atoms with Gasteiger partial charge in [-0.05, 0) is 44.0 Å². The number of benzene rings is 2. The van der Waals surface area contributed by atoms with E-state index in [0.29, 0.717) is 0 Å². The van der Waals surface area contributed by atoms with Gasteiger partial charge in [0.1, 0.15) is 23.6 Å². The Labute approximate surface area is 188 Å². The zero-order valence-electron chi connectivity index (χ0n) is 17.7. The van der Waals surface area contributed by atoms with Crippen molar-refractivity contribution in [3.05, 3.63) is 64.7 Å². The average molecular weight is 484 g/mol. The lowest BCUT2D eigenvalue weighted by molar-refractivity contribution is -0.384. The number of ether oxygens (including phenoxy) is 1. The van der Waals surface area contributed by atoms with E-state index in [9.17, 15) is 28.3 Å². The number of hydrogen-bond donors (Lipinski definition) is 1. The summed E-state index contributed by atoms with van der Waals surface area (Å²) in [4.78, 5) is 22.7. The van der Waals surface area contributed by atoms with Gasteiger partial charge in [0.2, 0.25) is 5.92 Å². The van der Waals surface area contributed by atoms with Crippen LogP contribution < -0.4 is 14.1 Å². The van der Waals surface area contributed by atoms with E-state index in [1.165, 1.54) is 43.3 Å². The highest BCUT2D eigenvalue weighted by Crippen LogP contribution is 2.45. The molecule has 2 atom stereocenters. The van der Waals surface area contributed by atoms with Gasteiger partial charge in [-0.25, -0.2) is 13.3 Å². The highest BCUT2D eigenvalue weighted by atomic mass is 31.2. The molecular formula is C21H23F2N2O7P. The highest BCUT2D eigenvalue weighted by molar-refractivity contribution is 7.52. The minimum absolute atomic E-state index is 0.00226. The number of alkyl halides is 2. The molecule has 2 aromatic carbocycles. The largest absolute Gasteiger partial charge is 0.513 e. The Morgan fingerprint density at radius 1 is 1.09 bits per heavy atom. The van der Waals surface area contributed by atoms with Gasteiger partial charge in [0.15, 0.2) is 0 Å². The number of nitrogens with zero attached hydrogens (tertiary/aromatic N) is 1. The normalized spacial score (nSPS) is 18.5. The molecule has 0 aliphatic heterocycles. The predicted octanol–water partition coefficient (Wildman–Crippen LogP) is 5.26. The maximum absolute atomic E-state index is 13.5. The number of nitrogens with one attached hydrogen (secondary N) is 1. The van der Waals surface area contributed by atoms with Crippen molar-refractivity contribution in [2.45, 2.75) is 50.7 Å². The second-order valence-electron chi connectivity index (χ2n) is 7.59. The minimum atomic E-state index is -4.23. The number of nitro groups is 1. The molecule has 3 rings (SSSR count). The summed E-state index contributed by atoms with van der Waals surface area (Å²) in [7, 11) is -4.23. The number of halogens is 2. The van der Waals surface area contributed by atoms with Gasteiger partial charge >= 0.3 is 13.7 Å². The van der Waals surface area contributed by atoms with Crippen LogP contribution in [-0.2, 0) is 14.1 Å². The molecule has 1 aliphatic rings. The summed E-state index contributed by atoms with van der Waals surface area (Å²) < 4.78 is 56.4. The van der Waals surface area contributed by atoms with Crippen molar-refractivity contribution in [2.75, 3.05) is 0 Å². The van der Waals surface area contributed by atoms with Crippen LogP contribution in [0.5, 0.6) is 11.5 Å². The van der Waals surface area contributed by atoms with Crippen molar-refractivity contribution < 1.29 is 36.8 Å². The molecule has 33 heavy (non-hydrogen) atoms. The first kappa shape index (κ1) is 24.6. The third-order valence-electron chi connectivity index (χ3n) is 4.89. The van der Waals surface area contributed by atoms with Crippen molar-refractivity contribution >= 4 is 19.4 Å². The van der Waals surface area contributed by atoms with E-state index in [-0.39, 0.29) is 42.9 Å². The number of para-hydroxylation sites is 1. The first-order valence-corrected chi connectivity index (χ1v) is 11.7. The van der Waals surface area contributed by atoms with Gasteiger partial charge in [0.25, 0.3) is 5.69 Å². The van der Waals surface area contributed by atoms with Crippen LogP contribution in [0.3, 0.4) is 0 Å². The topological polar surface area (TPSA) is 117 Å². The molecule has 2 unspecified atom stereocenters. The lowest BCUT2D eigenvalue weighted by Crippen LogP contribution is -2.39. The zero-order chi connectivity index (χ0) is 24.1. The first-order chi connectivity index (χ1) is 15.6. The highest BCUT2D eigenvalue weighted by Gasteiger charge is 2.38. The molecule has 2 aromatic rings. The molecule has 0 bridgehead atoms. The summed E-state index contributed by atoms with van der Waals surface area (Å²) in [5.41, 5.74) is -0.191. The molecule has 0 spiro atoms. The van der Waals surface area contributed by atoms with Gasteiger partial charge in [-0.3, -0.25) is 14.9 Å². The third-order valence-corrected chi connectivity index (χ3v) is 6.50. The molecule has 0 aromatic heterocycles. The Morgan fingerprint density at radius 3 is 2.18 bits per heavy atom. The fraction of sp³-hybridized carbons (Fsp3) is 0.381. The molecule has 9 nitrogen and oxygen atoms in total. The van der Waals surface area contributed by atoms with Gasteiger partial charge in [-0.1, -0.05) is 18.2 Å². The van der Waals surface area contributed by atoms with Crippen molar-refractivity contribution in [1.29, 1.82) is 0 Å². The Kier molecular flexibility index (Phi) is 7.65. The summed E-state index contributed by atoms with van der Waals surface area (Å²) in [6.45, 7) is 1.37. The van der Waals surface area contributed by atoms with Crippen LogP contribution >= 0.6 is 7.75 Å². The van der Waals surface area contributed by atoms with Crippen LogP contribution in [0.4, 0.5) is 14.5 Å². The number of carbonyl (C=O) groups is 1. The van der Waals surface area contributed by atoms with E-state index in [1.54, 1.807) is 18.2 Å². The lowest BCUT2D eigenvalue weighted by Gasteiger charge is -2.29. The smallest absolute Gasteiger partial charge is 0.461 e. The monoisotopic (exact) mass is 484 g/mol. The molecule has 0 saturated heterocycles. The van der Waals surface area contributed by atoms with Crippen LogP contribution in [0.15, 0.2) is 54.6 Å². The third kappa shape index (κ3) is 7.23. The van der Waals surface area contributed by atoms with Crippen molar-refractivity contribution in [3.63, 3.8) is 0 Å². The number of rotatable bonds is 9. The molecule has 1 saturated carbocycles. The van der Waals surface area contributed by atoms with Gasteiger partial charge < -0.3 is 13.8 Å². The lowest BCUT2D eigenvalue weighted by atomic mass is 9.94. The molecule has 0 heterocycles. The zero-order valence-corrected chi connectivity index (χ0v) is 18.6. The average Bonchev–Trinajstić information content (AvgIpc) is 2.76. The Morgan fingerprint density at radius 2 is 1.64 bits per heavy atom. The van der Waals surface area contributed by atoms with E-state index in [4.69, 9.17) is 13.8 Å². The van der Waals surface area contributed by atoms with Crippen molar-refractivity contribution in [1.82, 2.24) is 5.09 Å². The van der Waals surface area contributed by atoms with Gasteiger partial charge in [-0.2, -0.15) is 5.09 Å². The number of nitro benzene ring substituents is 1. The molecule has 0 amide bonds. The van der Waals surface area contributed by atoms with Crippen LogP contribution in [0.2, 0.25) is 0 Å². The maximum Gasteiger partial charge on any atom is 0.513 e. The second-order valence-corrected chi connectivity index (χ2v) is 9.21. The van der Waals surface area contributed by atoms with Crippen molar-refractivity contribution in [2.24, 2.45) is 0 Å². The SMILES string of the molecule is CC(NP(=O)(Oc1ccccc1)Oc1ccc([N+](=O)[O-])cc1)C(=O)OC1CCC(F)(F)CC1. The second kappa shape index (κ2) is 10.3. The summed E-state index contributed by atoms with van der Waals surface area (Å²) in [5, 5.41) is 13.3. The number of carbonyl (C=O) groups excluding carboxylic acids is 1. The van der Waals surface area contributed by atoms with E-state index >= 15 is 0 Å². The maximum atomic E-state index is 13.5. The predicted molar refractivity (Wildman–Crippen MR) is 114 cm³/mol. The van der Waals surface area contributed by atoms with E-state index < -0.39 is 36.7 Å². The Hall–Kier alpha value is -3.04. The van der Waals surface area contributed by atoms with E-state index in [2.05, 4.69) is 5.09 Å². The van der Waals surface area contributed by atoms with Gasteiger partial charge in [-0.15, -0.1) is 0 Å². The molecule has 1 fully saturated rings. The minimum Gasteiger partial charge on any atom is -0.461 e. The Balaban J connectivity index is 1.71. The Bertz CT molecular complexity index is 1010. The number of hydrogen-bond acceptors (Lipinski definition) is 7. The molecule has 0 radical (unpaired) electrons. The van der Waals surface area contributed by atoms with Crippen LogP contribution in [0.1, 0.15) is 32.6 Å². The van der Waals surface area contributed by atoms with Gasteiger partial charge in [0, 0.05) is 25.0 Å². The number of non-ortho nitro benzene ring substituents is 1. The summed E-state index contributed by atoms with van der Waals surface area (Å²) >= 11 is 0. The van der Waals surface area contributed by atoms with Crippen LogP contribution in [0, 0.1) is 10.1 Å². The van der Waals surface area contributed by atoms with Crippen molar-refractivity contribution in [3.8, 4) is 11.5 Å². The van der Waals surface area contributed by atoms with E-state index in [1.807, 2.05) is 0 Å².